The van der Waals surface area contributed by atoms with Gasteiger partial charge in [0.2, 0.25) is 5.91 Å². The highest BCUT2D eigenvalue weighted by atomic mass is 35.5. The Morgan fingerprint density at radius 1 is 1.14 bits per heavy atom. The van der Waals surface area contributed by atoms with Crippen LogP contribution in [-0.4, -0.2) is 87.9 Å². The normalized spacial score (nSPS) is 30.9. The van der Waals surface area contributed by atoms with Crippen LogP contribution in [0.4, 0.5) is 0 Å². The molecule has 4 aliphatic carbocycles. The van der Waals surface area contributed by atoms with E-state index in [9.17, 15) is 34.2 Å². The van der Waals surface area contributed by atoms with Crippen molar-refractivity contribution in [2.24, 2.45) is 40.7 Å². The highest BCUT2D eigenvalue weighted by Gasteiger charge is 2.69. The van der Waals surface area contributed by atoms with Crippen LogP contribution in [0.25, 0.3) is 0 Å². The molecule has 0 aliphatic heterocycles. The second-order valence-corrected chi connectivity index (χ2v) is 14.9. The van der Waals surface area contributed by atoms with Crippen LogP contribution in [0.2, 0.25) is 5.02 Å². The third-order valence-electron chi connectivity index (χ3n) is 9.85. The lowest BCUT2D eigenvalue weighted by Gasteiger charge is -2.52. The molecule has 4 N–H and O–H groups in total. The predicted octanol–water partition coefficient (Wildman–Crippen LogP) is 2.17. The van der Waals surface area contributed by atoms with E-state index < -0.39 is 64.4 Å². The van der Waals surface area contributed by atoms with Gasteiger partial charge in [-0.05, 0) is 87.2 Å². The van der Waals surface area contributed by atoms with Gasteiger partial charge in [0.25, 0.3) is 0 Å². The van der Waals surface area contributed by atoms with E-state index in [0.717, 1.165) is 19.5 Å². The summed E-state index contributed by atoms with van der Waals surface area (Å²) in [4.78, 5) is 70.5. The van der Waals surface area contributed by atoms with Crippen molar-refractivity contribution in [1.29, 1.82) is 0 Å². The van der Waals surface area contributed by atoms with Crippen molar-refractivity contribution in [3.05, 3.63) is 27.8 Å². The van der Waals surface area contributed by atoms with Crippen molar-refractivity contribution in [2.75, 3.05) is 27.2 Å². The minimum Gasteiger partial charge on any atom is -0.507 e. The summed E-state index contributed by atoms with van der Waals surface area (Å²) in [7, 11) is 3.12. The fourth-order valence-corrected chi connectivity index (χ4v) is 7.74. The molecule has 3 saturated carbocycles. The number of likely N-dealkylation sites (N-methyl/N-ethyl adjacent to an activating group) is 1. The monoisotopic (exact) mass is 615 g/mol. The van der Waals surface area contributed by atoms with Gasteiger partial charge in [0.05, 0.1) is 17.5 Å². The standard InChI is InChI=1S/C32H42ClN3O7/c1-31(2,3)8-9-36(13-15-6-7-15)14-17-12-20(37)22-18(24(17)33)10-16-11-19-25(35(4)5)27(39)23(30(34)42)29(41)32(19,43)28(40)21(16)26(22)38/h12,15-16,19,21,23,25,37,43H,6-11,13-14H2,1-5H3,(H2,34,42)/t16-,19-,21?,23?,25-,32-/m0/s1. The van der Waals surface area contributed by atoms with E-state index in [4.69, 9.17) is 17.3 Å². The largest absolute Gasteiger partial charge is 0.507 e. The minimum absolute atomic E-state index is 0.00932. The summed E-state index contributed by atoms with van der Waals surface area (Å²) in [6, 6.07) is 0.340. The quantitative estimate of drug-likeness (QED) is 0.373. The summed E-state index contributed by atoms with van der Waals surface area (Å²) in [6.45, 7) is 8.84. The van der Waals surface area contributed by atoms with Crippen molar-refractivity contribution in [2.45, 2.75) is 71.1 Å². The second-order valence-electron chi connectivity index (χ2n) is 14.5. The molecule has 0 saturated heterocycles. The molecule has 2 unspecified atom stereocenters. The van der Waals surface area contributed by atoms with E-state index in [2.05, 4.69) is 25.7 Å². The summed E-state index contributed by atoms with van der Waals surface area (Å²) in [5.41, 5.74) is 3.82. The number of hydrogen-bond acceptors (Lipinski definition) is 9. The van der Waals surface area contributed by atoms with Crippen molar-refractivity contribution < 1.29 is 34.2 Å². The van der Waals surface area contributed by atoms with E-state index in [1.54, 1.807) is 14.1 Å². The fourth-order valence-electron chi connectivity index (χ4n) is 7.46. The molecule has 0 aromatic heterocycles. The number of aliphatic hydroxyl groups is 1. The Morgan fingerprint density at radius 2 is 1.79 bits per heavy atom. The first-order valence-electron chi connectivity index (χ1n) is 15.1. The third kappa shape index (κ3) is 5.45. The van der Waals surface area contributed by atoms with Crippen LogP contribution in [0.5, 0.6) is 5.75 Å². The Morgan fingerprint density at radius 3 is 2.35 bits per heavy atom. The minimum atomic E-state index is -2.74. The molecule has 0 radical (unpaired) electrons. The molecule has 6 atom stereocenters. The topological polar surface area (TPSA) is 158 Å². The summed E-state index contributed by atoms with van der Waals surface area (Å²) in [5, 5.41) is 23.2. The molecule has 234 valence electrons. The van der Waals surface area contributed by atoms with Gasteiger partial charge >= 0.3 is 0 Å². The number of halogens is 1. The van der Waals surface area contributed by atoms with Crippen molar-refractivity contribution in [1.82, 2.24) is 9.80 Å². The smallest absolute Gasteiger partial charge is 0.235 e. The number of primary amides is 1. The van der Waals surface area contributed by atoms with Crippen LogP contribution in [0, 0.1) is 35.0 Å². The summed E-state index contributed by atoms with van der Waals surface area (Å²) < 4.78 is 0. The highest BCUT2D eigenvalue weighted by molar-refractivity contribution is 6.34. The zero-order valence-corrected chi connectivity index (χ0v) is 26.2. The summed E-state index contributed by atoms with van der Waals surface area (Å²) in [5.74, 6) is -10.0. The van der Waals surface area contributed by atoms with Crippen LogP contribution in [0.15, 0.2) is 6.07 Å². The maximum atomic E-state index is 14.0. The maximum Gasteiger partial charge on any atom is 0.235 e. The SMILES string of the molecule is CN(C)[C@@H]1C(=O)C(C(N)=O)C(=O)[C@@]2(O)C(=O)C3C(=O)c4c(O)cc(CN(CCC(C)(C)C)CC5CC5)c(Cl)c4C[C@H]3C[C@@H]12. The van der Waals surface area contributed by atoms with E-state index in [1.165, 1.54) is 23.8 Å². The molecule has 10 nitrogen and oxygen atoms in total. The lowest BCUT2D eigenvalue weighted by Crippen LogP contribution is -2.74. The first-order chi connectivity index (χ1) is 20.0. The number of nitrogens with zero attached hydrogens (tertiary/aromatic N) is 2. The van der Waals surface area contributed by atoms with Crippen LogP contribution in [0.3, 0.4) is 0 Å². The van der Waals surface area contributed by atoms with Crippen LogP contribution in [0.1, 0.15) is 67.9 Å². The third-order valence-corrected chi connectivity index (χ3v) is 10.3. The Hall–Kier alpha value is -2.66. The number of carbonyl (C=O) groups is 5. The van der Waals surface area contributed by atoms with Crippen LogP contribution >= 0.6 is 11.6 Å². The number of aromatic hydroxyl groups is 1. The number of phenolic OH excluding ortho intramolecular Hbond substituents is 1. The number of fused-ring (bicyclic) bond motifs is 3. The number of rotatable bonds is 8. The Bertz CT molecular complexity index is 1400. The molecule has 1 aromatic rings. The van der Waals surface area contributed by atoms with Gasteiger partial charge < -0.3 is 15.9 Å². The van der Waals surface area contributed by atoms with Gasteiger partial charge in [0.15, 0.2) is 34.7 Å². The Balaban J connectivity index is 1.51. The number of phenols is 1. The van der Waals surface area contributed by atoms with Crippen molar-refractivity contribution in [3.8, 4) is 5.75 Å². The Kier molecular flexibility index (Phi) is 8.16. The lowest BCUT2D eigenvalue weighted by molar-refractivity contribution is -0.181. The first-order valence-corrected chi connectivity index (χ1v) is 15.4. The Labute approximate surface area is 256 Å². The average Bonchev–Trinajstić information content (AvgIpc) is 3.70. The lowest BCUT2D eigenvalue weighted by atomic mass is 9.52. The zero-order valence-electron chi connectivity index (χ0n) is 25.5. The molecule has 1 aromatic carbocycles. The summed E-state index contributed by atoms with van der Waals surface area (Å²) in [6.07, 6.45) is 3.49. The van der Waals surface area contributed by atoms with Gasteiger partial charge in [0, 0.05) is 24.0 Å². The fraction of sp³-hybridized carbons (Fsp3) is 0.656. The first kappa shape index (κ1) is 31.8. The molecule has 3 fully saturated rings. The van der Waals surface area contributed by atoms with Crippen molar-refractivity contribution in [3.63, 3.8) is 0 Å². The average molecular weight is 616 g/mol. The number of nitrogens with two attached hydrogens (primary N) is 1. The number of carbonyl (C=O) groups excluding carboxylic acids is 5. The number of ketones is 4. The van der Waals surface area contributed by atoms with Gasteiger partial charge in [-0.2, -0.15) is 0 Å². The number of benzene rings is 1. The van der Waals surface area contributed by atoms with Crippen LogP contribution < -0.4 is 5.73 Å². The molecule has 43 heavy (non-hydrogen) atoms. The molecule has 5 rings (SSSR count). The van der Waals surface area contributed by atoms with E-state index >= 15 is 0 Å². The van der Waals surface area contributed by atoms with Crippen molar-refractivity contribution >= 4 is 40.6 Å². The molecule has 0 bridgehead atoms. The molecule has 0 spiro atoms. The molecule has 4 aliphatic rings. The van der Waals surface area contributed by atoms with E-state index in [1.807, 2.05) is 0 Å². The van der Waals surface area contributed by atoms with Gasteiger partial charge in [-0.15, -0.1) is 0 Å². The highest BCUT2D eigenvalue weighted by Crippen LogP contribution is 2.52. The van der Waals surface area contributed by atoms with Crippen LogP contribution in [-0.2, 0) is 32.1 Å². The molecular formula is C32H42ClN3O7. The number of amides is 1. The molecular weight excluding hydrogens is 574 g/mol. The maximum absolute atomic E-state index is 14.0. The second kappa shape index (κ2) is 11.1. The summed E-state index contributed by atoms with van der Waals surface area (Å²) >= 11 is 6.97. The van der Waals surface area contributed by atoms with E-state index in [0.29, 0.717) is 28.6 Å². The molecule has 0 heterocycles. The zero-order chi connectivity index (χ0) is 31.8. The van der Waals surface area contributed by atoms with Gasteiger partial charge in [-0.1, -0.05) is 32.4 Å². The predicted molar refractivity (Wildman–Crippen MR) is 158 cm³/mol. The van der Waals surface area contributed by atoms with Gasteiger partial charge in [0.1, 0.15) is 5.75 Å². The van der Waals surface area contributed by atoms with Gasteiger partial charge in [-0.3, -0.25) is 33.8 Å². The van der Waals surface area contributed by atoms with E-state index in [-0.39, 0.29) is 29.6 Å². The molecule has 11 heteroatoms. The van der Waals surface area contributed by atoms with Gasteiger partial charge in [-0.25, -0.2) is 0 Å². The molecule has 1 amide bonds. The number of Topliss-reactive ketones (excluding diaryl/α,β-unsaturated/α-hetero) is 4. The number of hydrogen-bond donors (Lipinski definition) is 3.